The molecular weight excluding hydrogens is 507 g/mol. The lowest BCUT2D eigenvalue weighted by Gasteiger charge is -2.49. The van der Waals surface area contributed by atoms with Crippen molar-refractivity contribution in [3.8, 4) is 5.75 Å². The van der Waals surface area contributed by atoms with Gasteiger partial charge >= 0.3 is 0 Å². The van der Waals surface area contributed by atoms with Crippen LogP contribution in [0, 0.1) is 5.41 Å². The standard InChI is InChI=1S/C27H32ClN6O2P/c1-37(2,35)23-6-4-3-5-20(23)31-25-19(28)15-30-26(33-25)32-21-7-8-22(18-9-14-36-24(18)21)34-12-10-27(11-13-34)16-29-17-27/h3-8,15,29H,9-14,16-17H2,1-2H3,(H2,30,31,32,33). The van der Waals surface area contributed by atoms with E-state index in [1.807, 2.05) is 24.3 Å². The van der Waals surface area contributed by atoms with E-state index in [2.05, 4.69) is 43.0 Å². The Labute approximate surface area is 222 Å². The number of hydrogen-bond donors (Lipinski definition) is 3. The van der Waals surface area contributed by atoms with Crippen LogP contribution in [-0.2, 0) is 11.0 Å². The summed E-state index contributed by atoms with van der Waals surface area (Å²) in [7, 11) is -2.49. The van der Waals surface area contributed by atoms with Crippen molar-refractivity contribution < 1.29 is 9.30 Å². The highest BCUT2D eigenvalue weighted by molar-refractivity contribution is 7.70. The van der Waals surface area contributed by atoms with Crippen LogP contribution in [0.2, 0.25) is 5.02 Å². The van der Waals surface area contributed by atoms with E-state index in [1.165, 1.54) is 24.1 Å². The average molecular weight is 539 g/mol. The van der Waals surface area contributed by atoms with Gasteiger partial charge in [-0.15, -0.1) is 0 Å². The normalized spacial score (nSPS) is 18.2. The number of ether oxygens (including phenoxy) is 1. The van der Waals surface area contributed by atoms with Crippen molar-refractivity contribution in [3.63, 3.8) is 0 Å². The zero-order valence-corrected chi connectivity index (χ0v) is 22.8. The molecule has 0 atom stereocenters. The molecule has 3 aromatic rings. The first-order valence-corrected chi connectivity index (χ1v) is 15.7. The topological polar surface area (TPSA) is 91.4 Å². The number of halogens is 1. The predicted molar refractivity (Wildman–Crippen MR) is 152 cm³/mol. The van der Waals surface area contributed by atoms with E-state index in [9.17, 15) is 4.57 Å². The molecule has 0 saturated carbocycles. The first kappa shape index (κ1) is 24.5. The van der Waals surface area contributed by atoms with E-state index in [0.29, 0.717) is 28.8 Å². The lowest BCUT2D eigenvalue weighted by molar-refractivity contribution is 0.126. The van der Waals surface area contributed by atoms with Crippen LogP contribution < -0.4 is 30.9 Å². The summed E-state index contributed by atoms with van der Waals surface area (Å²) in [5.41, 5.74) is 4.60. The largest absolute Gasteiger partial charge is 0.491 e. The second-order valence-corrected chi connectivity index (χ2v) is 14.2. The molecule has 6 rings (SSSR count). The molecule has 10 heteroatoms. The number of anilines is 5. The van der Waals surface area contributed by atoms with Crippen molar-refractivity contribution in [2.45, 2.75) is 19.3 Å². The molecule has 8 nitrogen and oxygen atoms in total. The van der Waals surface area contributed by atoms with Gasteiger partial charge in [0.2, 0.25) is 5.95 Å². The van der Waals surface area contributed by atoms with Gasteiger partial charge in [-0.1, -0.05) is 23.7 Å². The monoisotopic (exact) mass is 538 g/mol. The minimum absolute atomic E-state index is 0.378. The van der Waals surface area contributed by atoms with Crippen LogP contribution in [0.5, 0.6) is 5.75 Å². The smallest absolute Gasteiger partial charge is 0.229 e. The molecule has 2 fully saturated rings. The lowest BCUT2D eigenvalue weighted by Crippen LogP contribution is -2.58. The summed E-state index contributed by atoms with van der Waals surface area (Å²) in [6.07, 6.45) is 4.92. The van der Waals surface area contributed by atoms with E-state index in [0.717, 1.165) is 55.0 Å². The number of nitrogens with one attached hydrogen (secondary N) is 3. The van der Waals surface area contributed by atoms with Crippen molar-refractivity contribution in [2.75, 3.05) is 61.6 Å². The number of para-hydroxylation sites is 1. The van der Waals surface area contributed by atoms with Crippen molar-refractivity contribution in [3.05, 3.63) is 53.2 Å². The third kappa shape index (κ3) is 4.78. The van der Waals surface area contributed by atoms with Gasteiger partial charge in [0, 0.05) is 49.2 Å². The van der Waals surface area contributed by atoms with Gasteiger partial charge in [0.25, 0.3) is 0 Å². The Morgan fingerprint density at radius 1 is 1.08 bits per heavy atom. The number of fused-ring (bicyclic) bond motifs is 1. The fraction of sp³-hybridized carbons (Fsp3) is 0.407. The molecule has 0 aliphatic carbocycles. The average Bonchev–Trinajstić information content (AvgIpc) is 3.36. The number of rotatable bonds is 6. The van der Waals surface area contributed by atoms with Crippen LogP contribution >= 0.6 is 18.7 Å². The lowest BCUT2D eigenvalue weighted by atomic mass is 9.73. The molecule has 194 valence electrons. The van der Waals surface area contributed by atoms with Crippen molar-refractivity contribution >= 4 is 52.9 Å². The van der Waals surface area contributed by atoms with Gasteiger partial charge in [-0.05, 0) is 55.9 Å². The Morgan fingerprint density at radius 3 is 2.59 bits per heavy atom. The fourth-order valence-electron chi connectivity index (χ4n) is 5.54. The van der Waals surface area contributed by atoms with Crippen molar-refractivity contribution in [2.24, 2.45) is 5.41 Å². The summed E-state index contributed by atoms with van der Waals surface area (Å²) in [4.78, 5) is 11.5. The Kier molecular flexibility index (Phi) is 6.30. The number of nitrogens with zero attached hydrogens (tertiary/aromatic N) is 3. The summed E-state index contributed by atoms with van der Waals surface area (Å²) in [6, 6.07) is 11.8. The van der Waals surface area contributed by atoms with Gasteiger partial charge in [-0.25, -0.2) is 4.98 Å². The predicted octanol–water partition coefficient (Wildman–Crippen LogP) is 4.99. The Balaban J connectivity index is 1.24. The number of benzene rings is 2. The molecule has 0 radical (unpaired) electrons. The van der Waals surface area contributed by atoms with E-state index < -0.39 is 7.14 Å². The summed E-state index contributed by atoms with van der Waals surface area (Å²) < 4.78 is 18.9. The quantitative estimate of drug-likeness (QED) is 0.378. The van der Waals surface area contributed by atoms with Gasteiger partial charge in [0.05, 0.1) is 24.2 Å². The van der Waals surface area contributed by atoms with E-state index in [1.54, 1.807) is 19.5 Å². The molecule has 1 spiro atoms. The van der Waals surface area contributed by atoms with Crippen LogP contribution in [0.4, 0.5) is 28.8 Å². The van der Waals surface area contributed by atoms with E-state index >= 15 is 0 Å². The maximum absolute atomic E-state index is 12.8. The van der Waals surface area contributed by atoms with Crippen LogP contribution in [-0.4, -0.2) is 56.1 Å². The van der Waals surface area contributed by atoms with Crippen molar-refractivity contribution in [1.82, 2.24) is 15.3 Å². The highest BCUT2D eigenvalue weighted by atomic mass is 35.5. The van der Waals surface area contributed by atoms with Gasteiger partial charge < -0.3 is 30.2 Å². The molecule has 0 amide bonds. The SMILES string of the molecule is CP(C)(=O)c1ccccc1Nc1nc(Nc2ccc(N3CCC4(CC3)CNC4)c3c2OCC3)ncc1Cl. The highest BCUT2D eigenvalue weighted by Gasteiger charge is 2.40. The Bertz CT molecular complexity index is 1380. The third-order valence-corrected chi connectivity index (χ3v) is 9.55. The maximum Gasteiger partial charge on any atom is 0.229 e. The van der Waals surface area contributed by atoms with Crippen LogP contribution in [0.25, 0.3) is 0 Å². The summed E-state index contributed by atoms with van der Waals surface area (Å²) in [5, 5.41) is 11.2. The number of piperidine rings is 1. The summed E-state index contributed by atoms with van der Waals surface area (Å²) >= 11 is 6.43. The second-order valence-electron chi connectivity index (χ2n) is 10.6. The second kappa shape index (κ2) is 9.50. The van der Waals surface area contributed by atoms with Gasteiger partial charge in [-0.2, -0.15) is 4.98 Å². The molecule has 2 saturated heterocycles. The zero-order valence-electron chi connectivity index (χ0n) is 21.2. The molecule has 2 aromatic carbocycles. The van der Waals surface area contributed by atoms with Crippen molar-refractivity contribution in [1.29, 1.82) is 0 Å². The molecular formula is C27H32ClN6O2P. The molecule has 0 bridgehead atoms. The van der Waals surface area contributed by atoms with Crippen LogP contribution in [0.3, 0.4) is 0 Å². The maximum atomic E-state index is 12.8. The molecule has 3 aliphatic rings. The molecule has 0 unspecified atom stereocenters. The van der Waals surface area contributed by atoms with E-state index in [4.69, 9.17) is 16.3 Å². The van der Waals surface area contributed by atoms with Crippen LogP contribution in [0.15, 0.2) is 42.6 Å². The molecule has 3 N–H and O–H groups in total. The number of aromatic nitrogens is 2. The molecule has 4 heterocycles. The molecule has 37 heavy (non-hydrogen) atoms. The Morgan fingerprint density at radius 2 is 1.86 bits per heavy atom. The molecule has 3 aliphatic heterocycles. The first-order chi connectivity index (χ1) is 17.8. The van der Waals surface area contributed by atoms with Gasteiger partial charge in [-0.3, -0.25) is 0 Å². The molecule has 1 aromatic heterocycles. The summed E-state index contributed by atoms with van der Waals surface area (Å²) in [5.74, 6) is 1.73. The highest BCUT2D eigenvalue weighted by Crippen LogP contribution is 2.44. The first-order valence-electron chi connectivity index (χ1n) is 12.8. The van der Waals surface area contributed by atoms with Gasteiger partial charge in [0.1, 0.15) is 17.9 Å². The number of hydrogen-bond acceptors (Lipinski definition) is 8. The zero-order chi connectivity index (χ0) is 25.6. The summed E-state index contributed by atoms with van der Waals surface area (Å²) in [6.45, 7) is 8.65. The van der Waals surface area contributed by atoms with E-state index in [-0.39, 0.29) is 0 Å². The minimum atomic E-state index is -2.49. The van der Waals surface area contributed by atoms with Crippen LogP contribution in [0.1, 0.15) is 18.4 Å². The minimum Gasteiger partial charge on any atom is -0.491 e. The fourth-order valence-corrected chi connectivity index (χ4v) is 6.83. The Hall–Kier alpha value is -2.80. The third-order valence-electron chi connectivity index (χ3n) is 7.73. The van der Waals surface area contributed by atoms with Gasteiger partial charge in [0.15, 0.2) is 5.82 Å².